The number of morpholine rings is 1. The molecule has 2 atom stereocenters. The van der Waals surface area contributed by atoms with E-state index in [1.807, 2.05) is 24.0 Å². The molecule has 1 N–H and O–H groups in total. The van der Waals surface area contributed by atoms with Gasteiger partial charge >= 0.3 is 12.1 Å². The zero-order chi connectivity index (χ0) is 22.6. The number of carboxylic acids is 1. The van der Waals surface area contributed by atoms with Crippen molar-refractivity contribution >= 4 is 17.7 Å². The number of amides is 1. The van der Waals surface area contributed by atoms with E-state index in [2.05, 4.69) is 15.1 Å². The Bertz CT molecular complexity index is 786. The minimum atomic E-state index is -5.08. The van der Waals surface area contributed by atoms with Gasteiger partial charge in [-0.25, -0.2) is 4.79 Å². The van der Waals surface area contributed by atoms with Gasteiger partial charge in [0.1, 0.15) is 0 Å². The molecule has 3 aliphatic heterocycles. The smallest absolute Gasteiger partial charge is 0.475 e. The summed E-state index contributed by atoms with van der Waals surface area (Å²) in [6.45, 7) is 7.70. The maximum Gasteiger partial charge on any atom is 0.490 e. The first kappa shape index (κ1) is 23.2. The van der Waals surface area contributed by atoms with Gasteiger partial charge < -0.3 is 24.4 Å². The average molecular weight is 446 g/mol. The quantitative estimate of drug-likeness (QED) is 0.737. The number of hydrogen-bond donors (Lipinski definition) is 1. The Labute approximate surface area is 177 Å². The number of aliphatic carboxylic acids is 1. The highest BCUT2D eigenvalue weighted by Crippen LogP contribution is 2.45. The molecule has 0 unspecified atom stereocenters. The molecule has 0 aromatic carbocycles. The lowest BCUT2D eigenvalue weighted by Crippen LogP contribution is -2.44. The molecule has 0 spiro atoms. The number of fused-ring (bicyclic) bond motifs is 1. The summed E-state index contributed by atoms with van der Waals surface area (Å²) in [6, 6.07) is 4.00. The molecule has 0 aliphatic carbocycles. The molecule has 172 valence electrons. The topological polar surface area (TPSA) is 105 Å². The number of ether oxygens (including phenoxy) is 2. The van der Waals surface area contributed by atoms with Crippen LogP contribution in [0.25, 0.3) is 0 Å². The highest BCUT2D eigenvalue weighted by Gasteiger charge is 2.52. The molecule has 4 heterocycles. The Morgan fingerprint density at radius 3 is 2.48 bits per heavy atom. The predicted molar refractivity (Wildman–Crippen MR) is 101 cm³/mol. The second kappa shape index (κ2) is 9.35. The van der Waals surface area contributed by atoms with Gasteiger partial charge in [0.25, 0.3) is 0 Å². The van der Waals surface area contributed by atoms with Crippen LogP contribution in [0.3, 0.4) is 0 Å². The van der Waals surface area contributed by atoms with Crippen molar-refractivity contribution in [3.05, 3.63) is 17.8 Å². The molecular weight excluding hydrogens is 421 g/mol. The molecule has 4 rings (SSSR count). The van der Waals surface area contributed by atoms with Crippen molar-refractivity contribution in [2.24, 2.45) is 11.3 Å². The summed E-state index contributed by atoms with van der Waals surface area (Å²) >= 11 is 0. The van der Waals surface area contributed by atoms with Gasteiger partial charge in [0.15, 0.2) is 5.82 Å². The largest absolute Gasteiger partial charge is 0.490 e. The Morgan fingerprint density at radius 1 is 1.23 bits per heavy atom. The number of nitrogens with zero attached hydrogens (tertiary/aromatic N) is 4. The molecule has 1 aromatic heterocycles. The third kappa shape index (κ3) is 5.62. The lowest BCUT2D eigenvalue weighted by molar-refractivity contribution is -0.192. The normalized spacial score (nSPS) is 25.6. The number of aromatic nitrogens is 2. The van der Waals surface area contributed by atoms with Crippen molar-refractivity contribution in [2.75, 3.05) is 57.5 Å². The average Bonchev–Trinajstić information content (AvgIpc) is 3.26. The Hall–Kier alpha value is -2.47. The maximum absolute atomic E-state index is 12.7. The summed E-state index contributed by atoms with van der Waals surface area (Å²) in [6.07, 6.45) is -4.53. The third-order valence-corrected chi connectivity index (χ3v) is 5.74. The van der Waals surface area contributed by atoms with Crippen LogP contribution in [0.1, 0.15) is 12.1 Å². The standard InChI is InChI=1S/C17H24N4O3.C2HF3O2/c1-13-2-3-15(19-18-13)21-9-14-10-24-12-17(14,11-21)8-16(22)20-4-6-23-7-5-20;3-2(4,5)1(6)7/h2-3,14H,4-12H2,1H3;(H,6,7)/t14-,17+;/m1./s1. The van der Waals surface area contributed by atoms with Gasteiger partial charge in [-0.2, -0.15) is 18.3 Å². The van der Waals surface area contributed by atoms with Crippen LogP contribution in [-0.2, 0) is 19.1 Å². The van der Waals surface area contributed by atoms with Crippen molar-refractivity contribution in [3.63, 3.8) is 0 Å². The first-order chi connectivity index (χ1) is 14.6. The number of anilines is 1. The number of carbonyl (C=O) groups is 2. The van der Waals surface area contributed by atoms with Crippen molar-refractivity contribution < 1.29 is 37.3 Å². The zero-order valence-electron chi connectivity index (χ0n) is 17.1. The molecule has 3 fully saturated rings. The van der Waals surface area contributed by atoms with Gasteiger partial charge in [-0.3, -0.25) is 4.79 Å². The van der Waals surface area contributed by atoms with Crippen LogP contribution in [0.2, 0.25) is 0 Å². The van der Waals surface area contributed by atoms with E-state index in [0.29, 0.717) is 45.2 Å². The third-order valence-electron chi connectivity index (χ3n) is 5.74. The number of alkyl halides is 3. The molecule has 1 amide bonds. The van der Waals surface area contributed by atoms with Crippen LogP contribution in [-0.4, -0.2) is 90.9 Å². The molecule has 31 heavy (non-hydrogen) atoms. The van der Waals surface area contributed by atoms with Crippen LogP contribution < -0.4 is 4.90 Å². The summed E-state index contributed by atoms with van der Waals surface area (Å²) in [5, 5.41) is 15.6. The summed E-state index contributed by atoms with van der Waals surface area (Å²) in [5.41, 5.74) is 0.820. The molecule has 1 aromatic rings. The minimum absolute atomic E-state index is 0.0953. The summed E-state index contributed by atoms with van der Waals surface area (Å²) < 4.78 is 42.8. The monoisotopic (exact) mass is 446 g/mol. The van der Waals surface area contributed by atoms with Crippen LogP contribution in [0.4, 0.5) is 19.0 Å². The highest BCUT2D eigenvalue weighted by molar-refractivity contribution is 5.77. The van der Waals surface area contributed by atoms with E-state index in [0.717, 1.165) is 31.2 Å². The molecule has 12 heteroatoms. The number of aryl methyl sites for hydroxylation is 1. The zero-order valence-corrected chi connectivity index (χ0v) is 17.1. The lowest BCUT2D eigenvalue weighted by atomic mass is 9.77. The Kier molecular flexibility index (Phi) is 6.99. The van der Waals surface area contributed by atoms with Gasteiger partial charge in [-0.1, -0.05) is 0 Å². The fourth-order valence-corrected chi connectivity index (χ4v) is 4.04. The van der Waals surface area contributed by atoms with E-state index in [1.54, 1.807) is 0 Å². The molecule has 9 nitrogen and oxygen atoms in total. The van der Waals surface area contributed by atoms with Gasteiger partial charge in [0, 0.05) is 43.9 Å². The van der Waals surface area contributed by atoms with Gasteiger partial charge in [-0.05, 0) is 19.1 Å². The van der Waals surface area contributed by atoms with Crippen LogP contribution >= 0.6 is 0 Å². The van der Waals surface area contributed by atoms with E-state index in [4.69, 9.17) is 19.4 Å². The van der Waals surface area contributed by atoms with Gasteiger partial charge in [0.2, 0.25) is 5.91 Å². The summed E-state index contributed by atoms with van der Waals surface area (Å²) in [4.78, 5) is 25.8. The van der Waals surface area contributed by atoms with E-state index in [1.165, 1.54) is 0 Å². The maximum atomic E-state index is 12.7. The Balaban J connectivity index is 0.000000339. The van der Waals surface area contributed by atoms with E-state index < -0.39 is 12.1 Å². The van der Waals surface area contributed by atoms with E-state index >= 15 is 0 Å². The molecule has 0 radical (unpaired) electrons. The number of carboxylic acid groups (broad SMARTS) is 1. The first-order valence-electron chi connectivity index (χ1n) is 9.89. The van der Waals surface area contributed by atoms with Crippen LogP contribution in [0.5, 0.6) is 0 Å². The van der Waals surface area contributed by atoms with Crippen molar-refractivity contribution in [3.8, 4) is 0 Å². The van der Waals surface area contributed by atoms with Crippen molar-refractivity contribution in [2.45, 2.75) is 19.5 Å². The predicted octanol–water partition coefficient (Wildman–Crippen LogP) is 1.12. The lowest BCUT2D eigenvalue weighted by Gasteiger charge is -2.32. The molecule has 3 aliphatic rings. The second-order valence-corrected chi connectivity index (χ2v) is 7.96. The highest BCUT2D eigenvalue weighted by atomic mass is 19.4. The number of rotatable bonds is 3. The van der Waals surface area contributed by atoms with Crippen molar-refractivity contribution in [1.82, 2.24) is 15.1 Å². The molecule has 3 saturated heterocycles. The van der Waals surface area contributed by atoms with E-state index in [-0.39, 0.29) is 11.3 Å². The molecular formula is C19H25F3N4O5. The summed E-state index contributed by atoms with van der Waals surface area (Å²) in [7, 11) is 0. The molecule has 0 saturated carbocycles. The second-order valence-electron chi connectivity index (χ2n) is 7.96. The Morgan fingerprint density at radius 2 is 1.90 bits per heavy atom. The fourth-order valence-electron chi connectivity index (χ4n) is 4.04. The first-order valence-corrected chi connectivity index (χ1v) is 9.89. The number of carbonyl (C=O) groups excluding carboxylic acids is 1. The van der Waals surface area contributed by atoms with Crippen LogP contribution in [0.15, 0.2) is 12.1 Å². The van der Waals surface area contributed by atoms with Crippen LogP contribution in [0, 0.1) is 18.3 Å². The fraction of sp³-hybridized carbons (Fsp3) is 0.684. The van der Waals surface area contributed by atoms with Gasteiger partial charge in [0.05, 0.1) is 32.1 Å². The number of hydrogen-bond acceptors (Lipinski definition) is 7. The summed E-state index contributed by atoms with van der Waals surface area (Å²) in [5.74, 6) is -1.25. The van der Waals surface area contributed by atoms with E-state index in [9.17, 15) is 18.0 Å². The SMILES string of the molecule is Cc1ccc(N2C[C@@H]3COC[C@]3(CC(=O)N3CCOCC3)C2)nn1.O=C(O)C(F)(F)F. The van der Waals surface area contributed by atoms with Gasteiger partial charge in [-0.15, -0.1) is 5.10 Å². The van der Waals surface area contributed by atoms with Crippen molar-refractivity contribution in [1.29, 1.82) is 0 Å². The molecule has 0 bridgehead atoms. The number of halogens is 3. The minimum Gasteiger partial charge on any atom is -0.475 e.